The van der Waals surface area contributed by atoms with Crippen LogP contribution in [0.3, 0.4) is 0 Å². The number of hydrogen-bond donors (Lipinski definition) is 0. The summed E-state index contributed by atoms with van der Waals surface area (Å²) in [5.41, 5.74) is 15.2. The Labute approximate surface area is 399 Å². The highest BCUT2D eigenvalue weighted by atomic mass is 16.3. The van der Waals surface area contributed by atoms with Gasteiger partial charge in [-0.1, -0.05) is 194 Å². The zero-order valence-electron chi connectivity index (χ0n) is 37.6. The Balaban J connectivity index is 0.969. The number of aromatic nitrogens is 1. The second-order valence-corrected chi connectivity index (χ2v) is 18.0. The van der Waals surface area contributed by atoms with Gasteiger partial charge in [-0.25, -0.2) is 0 Å². The molecule has 12 aromatic carbocycles. The molecule has 0 aliphatic heterocycles. The summed E-state index contributed by atoms with van der Waals surface area (Å²) >= 11 is 0. The minimum atomic E-state index is 0.878. The topological polar surface area (TPSA) is 21.3 Å². The van der Waals surface area contributed by atoms with Gasteiger partial charge in [0.25, 0.3) is 0 Å². The number of fused-ring (bicyclic) bond motifs is 11. The maximum absolute atomic E-state index is 7.01. The quantitative estimate of drug-likeness (QED) is 0.149. The number of hydrogen-bond acceptors (Lipinski definition) is 2. The third-order valence-corrected chi connectivity index (χ3v) is 14.2. The van der Waals surface area contributed by atoms with Crippen LogP contribution in [0.4, 0.5) is 17.1 Å². The predicted octanol–water partition coefficient (Wildman–Crippen LogP) is 18.6. The Morgan fingerprint density at radius 1 is 0.290 bits per heavy atom. The molecule has 0 aliphatic carbocycles. The van der Waals surface area contributed by atoms with E-state index in [1.165, 1.54) is 48.9 Å². The van der Waals surface area contributed by atoms with Crippen molar-refractivity contribution in [2.75, 3.05) is 4.90 Å². The minimum Gasteiger partial charge on any atom is -0.455 e. The van der Waals surface area contributed by atoms with Crippen LogP contribution >= 0.6 is 0 Å². The monoisotopic (exact) mass is 878 g/mol. The lowest BCUT2D eigenvalue weighted by atomic mass is 9.91. The number of rotatable bonds is 7. The third-order valence-electron chi connectivity index (χ3n) is 14.2. The average molecular weight is 879 g/mol. The molecule has 0 aliphatic rings. The Bertz CT molecular complexity index is 4270. The SMILES string of the molecule is c1cc(-c2ccc(N(c3ccccc3-c3cc4ccccc4c4ccccc34)c3ccccc3-c3cccc4c3oc3c5ccccc5ccc43)cc2)cc(-n2c3ccccc3c3ccccc32)c1. The lowest BCUT2D eigenvalue weighted by Gasteiger charge is -2.30. The van der Waals surface area contributed by atoms with Gasteiger partial charge in [0.15, 0.2) is 0 Å². The van der Waals surface area contributed by atoms with Gasteiger partial charge in [-0.3, -0.25) is 0 Å². The van der Waals surface area contributed by atoms with E-state index in [1.54, 1.807) is 0 Å². The molecule has 0 radical (unpaired) electrons. The first-order valence-electron chi connectivity index (χ1n) is 23.7. The van der Waals surface area contributed by atoms with E-state index in [0.717, 1.165) is 83.3 Å². The molecule has 0 saturated heterocycles. The standard InChI is InChI=1S/C66H42N2O/c1-4-22-50-44(17-1)37-40-59-58-30-16-29-57(66(58)69-65(50)59)55-27-9-13-33-63(55)67(64-34-14-10-28-56(64)60-42-46-18-2-3-21-49(46)51-23-5-6-24-52(51)60)47-38-35-43(36-39-47)45-19-15-20-48(41-45)68-61-31-11-7-25-53(61)54-26-8-12-32-62(54)68/h1-42H. The second-order valence-electron chi connectivity index (χ2n) is 18.0. The molecule has 322 valence electrons. The molecule has 2 aromatic heterocycles. The fourth-order valence-electron chi connectivity index (χ4n) is 11.0. The number of para-hydroxylation sites is 5. The summed E-state index contributed by atoms with van der Waals surface area (Å²) < 4.78 is 9.40. The van der Waals surface area contributed by atoms with E-state index >= 15 is 0 Å². The van der Waals surface area contributed by atoms with Crippen LogP contribution in [0.5, 0.6) is 0 Å². The van der Waals surface area contributed by atoms with Gasteiger partial charge in [-0.15, -0.1) is 0 Å². The molecule has 0 bridgehead atoms. The molecule has 69 heavy (non-hydrogen) atoms. The Morgan fingerprint density at radius 3 is 1.57 bits per heavy atom. The molecular formula is C66H42N2O. The van der Waals surface area contributed by atoms with Crippen LogP contribution in [-0.2, 0) is 0 Å². The van der Waals surface area contributed by atoms with Crippen LogP contribution in [-0.4, -0.2) is 4.57 Å². The van der Waals surface area contributed by atoms with Crippen molar-refractivity contribution in [3.8, 4) is 39.1 Å². The van der Waals surface area contributed by atoms with Crippen LogP contribution in [0.25, 0.3) is 115 Å². The minimum absolute atomic E-state index is 0.878. The second kappa shape index (κ2) is 15.7. The molecule has 0 N–H and O–H groups in total. The van der Waals surface area contributed by atoms with Crippen molar-refractivity contribution in [2.24, 2.45) is 0 Å². The smallest absolute Gasteiger partial charge is 0.143 e. The van der Waals surface area contributed by atoms with E-state index in [-0.39, 0.29) is 0 Å². The fourth-order valence-corrected chi connectivity index (χ4v) is 11.0. The highest BCUT2D eigenvalue weighted by Crippen LogP contribution is 2.49. The van der Waals surface area contributed by atoms with E-state index in [0.29, 0.717) is 0 Å². The fraction of sp³-hybridized carbons (Fsp3) is 0. The summed E-state index contributed by atoms with van der Waals surface area (Å²) in [4.78, 5) is 2.45. The summed E-state index contributed by atoms with van der Waals surface area (Å²) in [7, 11) is 0. The maximum atomic E-state index is 7.01. The molecule has 0 atom stereocenters. The lowest BCUT2D eigenvalue weighted by Crippen LogP contribution is -2.12. The first-order chi connectivity index (χ1) is 34.2. The molecule has 2 heterocycles. The van der Waals surface area contributed by atoms with Crippen LogP contribution in [0.1, 0.15) is 0 Å². The molecule has 0 spiro atoms. The summed E-state index contributed by atoms with van der Waals surface area (Å²) in [6.07, 6.45) is 0. The van der Waals surface area contributed by atoms with Gasteiger partial charge in [-0.2, -0.15) is 0 Å². The van der Waals surface area contributed by atoms with Gasteiger partial charge in [0, 0.05) is 55.0 Å². The molecule has 0 fully saturated rings. The number of furan rings is 1. The first kappa shape index (κ1) is 39.0. The van der Waals surface area contributed by atoms with Crippen LogP contribution in [0.15, 0.2) is 259 Å². The summed E-state index contributed by atoms with van der Waals surface area (Å²) in [5, 5.41) is 11.9. The first-order valence-corrected chi connectivity index (χ1v) is 23.7. The predicted molar refractivity (Wildman–Crippen MR) is 292 cm³/mol. The van der Waals surface area contributed by atoms with Gasteiger partial charge < -0.3 is 13.9 Å². The molecule has 0 saturated carbocycles. The van der Waals surface area contributed by atoms with E-state index in [2.05, 4.69) is 264 Å². The van der Waals surface area contributed by atoms with Crippen LogP contribution < -0.4 is 4.90 Å². The van der Waals surface area contributed by atoms with Crippen molar-refractivity contribution in [3.05, 3.63) is 255 Å². The summed E-state index contributed by atoms with van der Waals surface area (Å²) in [6.45, 7) is 0. The van der Waals surface area contributed by atoms with Crippen molar-refractivity contribution in [1.29, 1.82) is 0 Å². The van der Waals surface area contributed by atoms with Gasteiger partial charge in [-0.05, 0) is 104 Å². The molecule has 0 amide bonds. The molecule has 14 aromatic rings. The number of benzene rings is 12. The number of anilines is 3. The molecular weight excluding hydrogens is 837 g/mol. The Kier molecular flexibility index (Phi) is 8.90. The van der Waals surface area contributed by atoms with Gasteiger partial charge in [0.05, 0.1) is 22.4 Å². The average Bonchev–Trinajstić information content (AvgIpc) is 3.98. The Hall–Kier alpha value is -9.18. The van der Waals surface area contributed by atoms with E-state index in [1.807, 2.05) is 0 Å². The molecule has 3 nitrogen and oxygen atoms in total. The highest BCUT2D eigenvalue weighted by Gasteiger charge is 2.24. The Morgan fingerprint density at radius 2 is 0.826 bits per heavy atom. The van der Waals surface area contributed by atoms with Crippen molar-refractivity contribution in [2.45, 2.75) is 0 Å². The largest absolute Gasteiger partial charge is 0.455 e. The van der Waals surface area contributed by atoms with Crippen molar-refractivity contribution >= 4 is 93.1 Å². The molecule has 0 unspecified atom stereocenters. The van der Waals surface area contributed by atoms with Crippen molar-refractivity contribution in [3.63, 3.8) is 0 Å². The molecule has 3 heteroatoms. The highest BCUT2D eigenvalue weighted by molar-refractivity contribution is 6.19. The van der Waals surface area contributed by atoms with E-state index < -0.39 is 0 Å². The van der Waals surface area contributed by atoms with Crippen LogP contribution in [0, 0.1) is 0 Å². The maximum Gasteiger partial charge on any atom is 0.143 e. The lowest BCUT2D eigenvalue weighted by molar-refractivity contribution is 0.674. The number of nitrogens with zero attached hydrogens (tertiary/aromatic N) is 2. The zero-order valence-corrected chi connectivity index (χ0v) is 37.6. The van der Waals surface area contributed by atoms with Crippen LogP contribution in [0.2, 0.25) is 0 Å². The van der Waals surface area contributed by atoms with Gasteiger partial charge in [0.1, 0.15) is 11.2 Å². The van der Waals surface area contributed by atoms with Gasteiger partial charge in [0.2, 0.25) is 0 Å². The van der Waals surface area contributed by atoms with E-state index in [4.69, 9.17) is 4.42 Å². The van der Waals surface area contributed by atoms with Crippen molar-refractivity contribution in [1.82, 2.24) is 4.57 Å². The summed E-state index contributed by atoms with van der Waals surface area (Å²) in [5.74, 6) is 0. The zero-order chi connectivity index (χ0) is 45.4. The normalized spacial score (nSPS) is 11.8. The molecule has 14 rings (SSSR count). The van der Waals surface area contributed by atoms with Crippen molar-refractivity contribution < 1.29 is 4.42 Å². The van der Waals surface area contributed by atoms with Gasteiger partial charge >= 0.3 is 0 Å². The summed E-state index contributed by atoms with van der Waals surface area (Å²) in [6, 6.07) is 92.5. The third kappa shape index (κ3) is 6.21. The van der Waals surface area contributed by atoms with E-state index in [9.17, 15) is 0 Å².